The summed E-state index contributed by atoms with van der Waals surface area (Å²) < 4.78 is 10.1. The van der Waals surface area contributed by atoms with Crippen molar-refractivity contribution in [1.29, 1.82) is 0 Å². The minimum absolute atomic E-state index is 0.383. The van der Waals surface area contributed by atoms with Crippen LogP contribution in [0, 0.1) is 6.92 Å². The third-order valence-electron chi connectivity index (χ3n) is 1.86. The van der Waals surface area contributed by atoms with Crippen LogP contribution in [0.2, 0.25) is 5.02 Å². The van der Waals surface area contributed by atoms with Gasteiger partial charge < -0.3 is 14.6 Å². The van der Waals surface area contributed by atoms with Crippen LogP contribution in [0.1, 0.15) is 5.56 Å². The lowest BCUT2D eigenvalue weighted by molar-refractivity contribution is -0.139. The topological polar surface area (TPSA) is 55.8 Å². The highest BCUT2D eigenvalue weighted by atomic mass is 35.5. The third-order valence-corrected chi connectivity index (χ3v) is 2.16. The number of aliphatic carboxylic acids is 1. The molecule has 4 nitrogen and oxygen atoms in total. The third kappa shape index (κ3) is 2.76. The predicted molar refractivity (Wildman–Crippen MR) is 55.9 cm³/mol. The maximum atomic E-state index is 10.3. The summed E-state index contributed by atoms with van der Waals surface area (Å²) in [7, 11) is 1.50. The average molecular weight is 231 g/mol. The first-order valence-corrected chi connectivity index (χ1v) is 4.61. The van der Waals surface area contributed by atoms with Gasteiger partial charge in [-0.15, -0.1) is 0 Å². The highest BCUT2D eigenvalue weighted by Gasteiger charge is 2.10. The fourth-order valence-electron chi connectivity index (χ4n) is 1.19. The number of halogens is 1. The van der Waals surface area contributed by atoms with Crippen LogP contribution in [-0.2, 0) is 4.79 Å². The minimum atomic E-state index is -1.02. The van der Waals surface area contributed by atoms with E-state index in [9.17, 15) is 4.79 Å². The molecule has 1 rings (SSSR count). The van der Waals surface area contributed by atoms with Gasteiger partial charge in [0.15, 0.2) is 6.61 Å². The van der Waals surface area contributed by atoms with Crippen LogP contribution >= 0.6 is 11.6 Å². The molecule has 1 aromatic rings. The van der Waals surface area contributed by atoms with Crippen molar-refractivity contribution >= 4 is 17.6 Å². The van der Waals surface area contributed by atoms with Gasteiger partial charge in [-0.2, -0.15) is 0 Å². The van der Waals surface area contributed by atoms with E-state index in [1.165, 1.54) is 7.11 Å². The van der Waals surface area contributed by atoms with E-state index in [0.29, 0.717) is 22.1 Å². The average Bonchev–Trinajstić information content (AvgIpc) is 2.17. The first-order chi connectivity index (χ1) is 7.06. The molecular weight excluding hydrogens is 220 g/mol. The normalized spacial score (nSPS) is 9.80. The molecule has 0 aliphatic heterocycles. The first-order valence-electron chi connectivity index (χ1n) is 4.24. The van der Waals surface area contributed by atoms with Crippen molar-refractivity contribution in [2.75, 3.05) is 13.7 Å². The van der Waals surface area contributed by atoms with Crippen LogP contribution in [0.5, 0.6) is 11.5 Å². The Morgan fingerprint density at radius 2 is 2.20 bits per heavy atom. The van der Waals surface area contributed by atoms with E-state index in [2.05, 4.69) is 0 Å². The molecule has 0 radical (unpaired) electrons. The van der Waals surface area contributed by atoms with Gasteiger partial charge in [-0.1, -0.05) is 11.6 Å². The summed E-state index contributed by atoms with van der Waals surface area (Å²) in [6, 6.07) is 3.22. The molecule has 0 saturated heterocycles. The highest BCUT2D eigenvalue weighted by molar-refractivity contribution is 6.32. The van der Waals surface area contributed by atoms with Gasteiger partial charge in [-0.05, 0) is 19.1 Å². The van der Waals surface area contributed by atoms with E-state index < -0.39 is 5.97 Å². The number of benzene rings is 1. The van der Waals surface area contributed by atoms with E-state index in [0.717, 1.165) is 0 Å². The summed E-state index contributed by atoms with van der Waals surface area (Å²) in [4.78, 5) is 10.3. The molecule has 0 aliphatic rings. The Balaban J connectivity index is 2.94. The van der Waals surface area contributed by atoms with E-state index in [-0.39, 0.29) is 6.61 Å². The SMILES string of the molecule is COc1c(Cl)ccc(OCC(=O)O)c1C. The molecule has 0 fully saturated rings. The maximum Gasteiger partial charge on any atom is 0.341 e. The van der Waals surface area contributed by atoms with E-state index in [4.69, 9.17) is 26.2 Å². The molecule has 0 heterocycles. The molecule has 0 bridgehead atoms. The van der Waals surface area contributed by atoms with Gasteiger partial charge in [0.2, 0.25) is 0 Å². The molecule has 0 unspecified atom stereocenters. The first kappa shape index (κ1) is 11.7. The molecule has 0 atom stereocenters. The fourth-order valence-corrected chi connectivity index (χ4v) is 1.47. The fraction of sp³-hybridized carbons (Fsp3) is 0.300. The van der Waals surface area contributed by atoms with Crippen molar-refractivity contribution in [1.82, 2.24) is 0 Å². The number of carbonyl (C=O) groups is 1. The van der Waals surface area contributed by atoms with Crippen LogP contribution in [0.4, 0.5) is 0 Å². The predicted octanol–water partition coefficient (Wildman–Crippen LogP) is 2.12. The number of rotatable bonds is 4. The Kier molecular flexibility index (Phi) is 3.80. The van der Waals surface area contributed by atoms with Gasteiger partial charge in [-0.3, -0.25) is 0 Å². The number of ether oxygens (including phenoxy) is 2. The van der Waals surface area contributed by atoms with Crippen LogP contribution in [-0.4, -0.2) is 24.8 Å². The van der Waals surface area contributed by atoms with Crippen molar-refractivity contribution in [2.45, 2.75) is 6.92 Å². The Bertz CT molecular complexity index is 376. The second kappa shape index (κ2) is 4.89. The van der Waals surface area contributed by atoms with Gasteiger partial charge in [-0.25, -0.2) is 4.79 Å². The highest BCUT2D eigenvalue weighted by Crippen LogP contribution is 2.34. The molecule has 15 heavy (non-hydrogen) atoms. The molecular formula is C10H11ClO4. The summed E-state index contributed by atoms with van der Waals surface area (Å²) >= 11 is 5.87. The zero-order chi connectivity index (χ0) is 11.4. The Hall–Kier alpha value is -1.42. The lowest BCUT2D eigenvalue weighted by Crippen LogP contribution is -2.10. The Morgan fingerprint density at radius 3 is 2.73 bits per heavy atom. The van der Waals surface area contributed by atoms with Crippen molar-refractivity contribution in [3.8, 4) is 11.5 Å². The van der Waals surface area contributed by atoms with E-state index in [1.807, 2.05) is 0 Å². The molecule has 1 N–H and O–H groups in total. The van der Waals surface area contributed by atoms with Crippen molar-refractivity contribution in [3.63, 3.8) is 0 Å². The molecule has 0 aliphatic carbocycles. The molecule has 1 aromatic carbocycles. The van der Waals surface area contributed by atoms with Crippen LogP contribution in [0.15, 0.2) is 12.1 Å². The number of hydrogen-bond donors (Lipinski definition) is 1. The summed E-state index contributed by atoms with van der Waals surface area (Å²) in [5.74, 6) is -0.0680. The number of hydrogen-bond acceptors (Lipinski definition) is 3. The van der Waals surface area contributed by atoms with Crippen molar-refractivity contribution in [2.24, 2.45) is 0 Å². The van der Waals surface area contributed by atoms with Gasteiger partial charge in [0.1, 0.15) is 11.5 Å². The molecule has 0 aromatic heterocycles. The zero-order valence-corrected chi connectivity index (χ0v) is 9.17. The Labute approximate surface area is 92.4 Å². The van der Waals surface area contributed by atoms with Crippen molar-refractivity contribution in [3.05, 3.63) is 22.7 Å². The molecule has 0 spiro atoms. The lowest BCUT2D eigenvalue weighted by atomic mass is 10.2. The summed E-state index contributed by atoms with van der Waals surface area (Å²) in [5, 5.41) is 8.93. The smallest absolute Gasteiger partial charge is 0.341 e. The second-order valence-corrected chi connectivity index (χ2v) is 3.29. The monoisotopic (exact) mass is 230 g/mol. The maximum absolute atomic E-state index is 10.3. The van der Waals surface area contributed by atoms with Gasteiger partial charge >= 0.3 is 5.97 Å². The quantitative estimate of drug-likeness (QED) is 0.861. The number of carboxylic acids is 1. The number of methoxy groups -OCH3 is 1. The largest absolute Gasteiger partial charge is 0.495 e. The molecule has 82 valence electrons. The van der Waals surface area contributed by atoms with Crippen LogP contribution in [0.3, 0.4) is 0 Å². The molecule has 0 amide bonds. The van der Waals surface area contributed by atoms with Gasteiger partial charge in [0.05, 0.1) is 12.1 Å². The Morgan fingerprint density at radius 1 is 1.53 bits per heavy atom. The molecule has 5 heteroatoms. The van der Waals surface area contributed by atoms with E-state index >= 15 is 0 Å². The van der Waals surface area contributed by atoms with Gasteiger partial charge in [0, 0.05) is 5.56 Å². The summed E-state index contributed by atoms with van der Waals surface area (Å²) in [6.07, 6.45) is 0. The van der Waals surface area contributed by atoms with Crippen LogP contribution < -0.4 is 9.47 Å². The minimum Gasteiger partial charge on any atom is -0.495 e. The van der Waals surface area contributed by atoms with Crippen molar-refractivity contribution < 1.29 is 19.4 Å². The second-order valence-electron chi connectivity index (χ2n) is 2.89. The summed E-state index contributed by atoms with van der Waals surface area (Å²) in [5.41, 5.74) is 0.686. The zero-order valence-electron chi connectivity index (χ0n) is 8.41. The summed E-state index contributed by atoms with van der Waals surface area (Å²) in [6.45, 7) is 1.37. The number of carboxylic acid groups (broad SMARTS) is 1. The van der Waals surface area contributed by atoms with Gasteiger partial charge in [0.25, 0.3) is 0 Å². The standard InChI is InChI=1S/C10H11ClO4/c1-6-8(15-5-9(12)13)4-3-7(11)10(6)14-2/h3-4H,5H2,1-2H3,(H,12,13). The van der Waals surface area contributed by atoms with Crippen LogP contribution in [0.25, 0.3) is 0 Å². The lowest BCUT2D eigenvalue weighted by Gasteiger charge is -2.11. The van der Waals surface area contributed by atoms with E-state index in [1.54, 1.807) is 19.1 Å². The molecule has 0 saturated carbocycles.